The molecule has 0 saturated heterocycles. The first-order valence-corrected chi connectivity index (χ1v) is 7.71. The monoisotopic (exact) mass is 270 g/mol. The van der Waals surface area contributed by atoms with Crippen molar-refractivity contribution in [1.29, 1.82) is 0 Å². The van der Waals surface area contributed by atoms with Crippen LogP contribution >= 0.6 is 0 Å². The van der Waals surface area contributed by atoms with E-state index in [1.165, 1.54) is 0 Å². The van der Waals surface area contributed by atoms with E-state index in [4.69, 9.17) is 0 Å². The molecule has 1 aromatic carbocycles. The van der Waals surface area contributed by atoms with Crippen molar-refractivity contribution in [3.05, 3.63) is 24.3 Å². The van der Waals surface area contributed by atoms with E-state index in [0.29, 0.717) is 5.69 Å². The van der Waals surface area contributed by atoms with Gasteiger partial charge in [0.15, 0.2) is 0 Å². The van der Waals surface area contributed by atoms with Crippen LogP contribution < -0.4 is 10.0 Å². The summed E-state index contributed by atoms with van der Waals surface area (Å²) in [7, 11) is -3.19. The summed E-state index contributed by atoms with van der Waals surface area (Å²) in [6, 6.07) is 7.27. The average molecular weight is 270 g/mol. The molecule has 0 aliphatic carbocycles. The predicted molar refractivity (Wildman–Crippen MR) is 77.5 cm³/mol. The topological polar surface area (TPSA) is 58.2 Å². The van der Waals surface area contributed by atoms with Gasteiger partial charge < -0.3 is 5.32 Å². The summed E-state index contributed by atoms with van der Waals surface area (Å²) >= 11 is 0. The molecule has 0 atom stereocenters. The largest absolute Gasteiger partial charge is 0.385 e. The molecule has 0 fully saturated rings. The molecule has 0 heterocycles. The van der Waals surface area contributed by atoms with Gasteiger partial charge in [-0.3, -0.25) is 4.72 Å². The Labute approximate surface area is 110 Å². The minimum absolute atomic E-state index is 0.0804. The molecule has 0 amide bonds. The lowest BCUT2D eigenvalue weighted by Crippen LogP contribution is -2.19. The highest BCUT2D eigenvalue weighted by Gasteiger charge is 2.09. The van der Waals surface area contributed by atoms with E-state index < -0.39 is 10.0 Å². The number of hydrogen-bond acceptors (Lipinski definition) is 3. The molecule has 102 valence electrons. The zero-order valence-corrected chi connectivity index (χ0v) is 12.3. The second kappa shape index (κ2) is 5.61. The minimum Gasteiger partial charge on any atom is -0.385 e. The fourth-order valence-corrected chi connectivity index (χ4v) is 1.91. The van der Waals surface area contributed by atoms with Crippen LogP contribution in [0.5, 0.6) is 0 Å². The zero-order valence-electron chi connectivity index (χ0n) is 11.4. The third kappa shape index (κ3) is 5.40. The molecule has 0 aliphatic rings. The van der Waals surface area contributed by atoms with Crippen molar-refractivity contribution in [1.82, 2.24) is 0 Å². The normalized spacial score (nSPS) is 12.2. The highest BCUT2D eigenvalue weighted by atomic mass is 32.2. The lowest BCUT2D eigenvalue weighted by Gasteiger charge is -2.19. The Morgan fingerprint density at radius 1 is 1.06 bits per heavy atom. The van der Waals surface area contributed by atoms with Gasteiger partial charge in [-0.2, -0.15) is 0 Å². The average Bonchev–Trinajstić information content (AvgIpc) is 2.27. The third-order valence-corrected chi connectivity index (χ3v) is 3.67. The summed E-state index contributed by atoms with van der Waals surface area (Å²) in [6.07, 6.45) is 0. The molecule has 0 spiro atoms. The van der Waals surface area contributed by atoms with Crippen LogP contribution in [-0.4, -0.2) is 20.7 Å². The fourth-order valence-electron chi connectivity index (χ4n) is 1.28. The number of nitrogens with one attached hydrogen (secondary N) is 2. The Morgan fingerprint density at radius 2 is 1.56 bits per heavy atom. The van der Waals surface area contributed by atoms with E-state index in [2.05, 4.69) is 30.8 Å². The molecule has 4 nitrogen and oxygen atoms in total. The molecule has 2 N–H and O–H groups in total. The smallest absolute Gasteiger partial charge is 0.232 e. The van der Waals surface area contributed by atoms with Gasteiger partial charge in [0.2, 0.25) is 10.0 Å². The Kier molecular flexibility index (Phi) is 4.62. The number of hydrogen-bond donors (Lipinski definition) is 2. The molecule has 18 heavy (non-hydrogen) atoms. The van der Waals surface area contributed by atoms with Gasteiger partial charge in [0.25, 0.3) is 0 Å². The molecular formula is C13H22N2O2S. The van der Waals surface area contributed by atoms with E-state index in [-0.39, 0.29) is 11.2 Å². The fraction of sp³-hybridized carbons (Fsp3) is 0.538. The molecule has 0 aromatic heterocycles. The Balaban J connectivity index is 2.63. The lowest BCUT2D eigenvalue weighted by atomic mass is 9.97. The van der Waals surface area contributed by atoms with Crippen LogP contribution in [0, 0.1) is 5.41 Å². The number of rotatable bonds is 5. The lowest BCUT2D eigenvalue weighted by molar-refractivity contribution is 0.443. The van der Waals surface area contributed by atoms with E-state index in [1.807, 2.05) is 12.1 Å². The maximum atomic E-state index is 11.4. The number of benzene rings is 1. The van der Waals surface area contributed by atoms with Gasteiger partial charge in [-0.15, -0.1) is 0 Å². The van der Waals surface area contributed by atoms with Gasteiger partial charge in [0, 0.05) is 17.9 Å². The van der Waals surface area contributed by atoms with Crippen molar-refractivity contribution in [3.63, 3.8) is 0 Å². The van der Waals surface area contributed by atoms with E-state index in [1.54, 1.807) is 19.1 Å². The van der Waals surface area contributed by atoms with Crippen molar-refractivity contribution in [3.8, 4) is 0 Å². The van der Waals surface area contributed by atoms with Crippen molar-refractivity contribution in [2.45, 2.75) is 27.7 Å². The first kappa shape index (κ1) is 14.8. The Bertz CT molecular complexity index is 473. The first-order chi connectivity index (χ1) is 8.22. The molecule has 5 heteroatoms. The molecule has 0 aliphatic heterocycles. The Morgan fingerprint density at radius 3 is 2.00 bits per heavy atom. The Hall–Kier alpha value is -1.23. The van der Waals surface area contributed by atoms with Crippen LogP contribution in [0.25, 0.3) is 0 Å². The summed E-state index contributed by atoms with van der Waals surface area (Å²) in [5.74, 6) is 0.0804. The van der Waals surface area contributed by atoms with E-state index >= 15 is 0 Å². The van der Waals surface area contributed by atoms with Crippen molar-refractivity contribution < 1.29 is 8.42 Å². The maximum absolute atomic E-state index is 11.4. The van der Waals surface area contributed by atoms with Crippen molar-refractivity contribution in [2.75, 3.05) is 22.3 Å². The number of sulfonamides is 1. The molecule has 0 radical (unpaired) electrons. The number of anilines is 2. The minimum atomic E-state index is -3.19. The highest BCUT2D eigenvalue weighted by molar-refractivity contribution is 7.92. The van der Waals surface area contributed by atoms with Crippen LogP contribution in [0.3, 0.4) is 0 Å². The van der Waals surface area contributed by atoms with Gasteiger partial charge >= 0.3 is 0 Å². The van der Waals surface area contributed by atoms with Crippen LogP contribution in [0.1, 0.15) is 27.7 Å². The molecule has 1 rings (SSSR count). The van der Waals surface area contributed by atoms with E-state index in [0.717, 1.165) is 12.2 Å². The molecule has 0 unspecified atom stereocenters. The molecule has 0 bridgehead atoms. The summed E-state index contributed by atoms with van der Waals surface area (Å²) in [6.45, 7) is 8.95. The van der Waals surface area contributed by atoms with Gasteiger partial charge in [-0.1, -0.05) is 20.8 Å². The van der Waals surface area contributed by atoms with E-state index in [9.17, 15) is 8.42 Å². The van der Waals surface area contributed by atoms with Crippen molar-refractivity contribution >= 4 is 21.4 Å². The SMILES string of the molecule is CCS(=O)(=O)Nc1ccc(NCC(C)(C)C)cc1. The zero-order chi connectivity index (χ0) is 13.8. The second-order valence-electron chi connectivity index (χ2n) is 5.50. The van der Waals surface area contributed by atoms with Crippen LogP contribution in [0.4, 0.5) is 11.4 Å². The summed E-state index contributed by atoms with van der Waals surface area (Å²) in [4.78, 5) is 0. The predicted octanol–water partition coefficient (Wildman–Crippen LogP) is 2.91. The van der Waals surface area contributed by atoms with Gasteiger partial charge in [0.05, 0.1) is 5.75 Å². The van der Waals surface area contributed by atoms with Crippen LogP contribution in [0.2, 0.25) is 0 Å². The van der Waals surface area contributed by atoms with Gasteiger partial charge in [0.1, 0.15) is 0 Å². The summed E-state index contributed by atoms with van der Waals surface area (Å²) in [5.41, 5.74) is 1.80. The summed E-state index contributed by atoms with van der Waals surface area (Å²) in [5, 5.41) is 3.31. The molecule has 0 saturated carbocycles. The van der Waals surface area contributed by atoms with Crippen molar-refractivity contribution in [2.24, 2.45) is 5.41 Å². The first-order valence-electron chi connectivity index (χ1n) is 6.06. The molecule has 1 aromatic rings. The second-order valence-corrected chi connectivity index (χ2v) is 7.51. The quantitative estimate of drug-likeness (QED) is 0.865. The van der Waals surface area contributed by atoms with Gasteiger partial charge in [-0.25, -0.2) is 8.42 Å². The third-order valence-electron chi connectivity index (χ3n) is 2.36. The highest BCUT2D eigenvalue weighted by Crippen LogP contribution is 2.18. The van der Waals surface area contributed by atoms with Crippen LogP contribution in [-0.2, 0) is 10.0 Å². The molecular weight excluding hydrogens is 248 g/mol. The standard InChI is InChI=1S/C13H22N2O2S/c1-5-18(16,17)15-12-8-6-11(7-9-12)14-10-13(2,3)4/h6-9,14-15H,5,10H2,1-4H3. The van der Waals surface area contributed by atoms with Crippen LogP contribution in [0.15, 0.2) is 24.3 Å². The van der Waals surface area contributed by atoms with Gasteiger partial charge in [-0.05, 0) is 36.6 Å². The summed E-state index contributed by atoms with van der Waals surface area (Å²) < 4.78 is 25.3. The maximum Gasteiger partial charge on any atom is 0.232 e.